The highest BCUT2D eigenvalue weighted by molar-refractivity contribution is 5.98. The number of rotatable bonds is 23. The van der Waals surface area contributed by atoms with Crippen LogP contribution < -0.4 is 43.4 Å². The molecule has 7 amide bonds. The number of nitrogens with one attached hydrogen (secondary N) is 7. The lowest BCUT2D eigenvalue weighted by atomic mass is 10.1. The first-order valence-electron chi connectivity index (χ1n) is 15.5. The summed E-state index contributed by atoms with van der Waals surface area (Å²) >= 11 is 0. The van der Waals surface area contributed by atoms with Crippen LogP contribution >= 0.6 is 0 Å². The molecule has 24 nitrogen and oxygen atoms in total. The summed E-state index contributed by atoms with van der Waals surface area (Å²) in [5.74, 6) is -10.8. The topological polar surface area (TPSA) is 408 Å². The zero-order valence-electron chi connectivity index (χ0n) is 28.0. The Bertz CT molecular complexity index is 1440. The number of aliphatic hydroxyl groups excluding tert-OH is 3. The van der Waals surface area contributed by atoms with Gasteiger partial charge in [-0.05, 0) is 20.3 Å². The van der Waals surface area contributed by atoms with Crippen LogP contribution in [0.5, 0.6) is 0 Å². The Kier molecular flexibility index (Phi) is 18.3. The second-order valence-corrected chi connectivity index (χ2v) is 11.4. The number of aromatic nitrogens is 2. The van der Waals surface area contributed by atoms with Gasteiger partial charge in [0, 0.05) is 24.7 Å². The van der Waals surface area contributed by atoms with Crippen molar-refractivity contribution in [1.29, 1.82) is 0 Å². The first kappa shape index (κ1) is 44.3. The first-order chi connectivity index (χ1) is 24.3. The van der Waals surface area contributed by atoms with Gasteiger partial charge in [-0.1, -0.05) is 0 Å². The van der Waals surface area contributed by atoms with Crippen molar-refractivity contribution in [3.05, 3.63) is 18.2 Å². The molecular weight excluding hydrogens is 700 g/mol. The SMILES string of the molecule is C[C@@H](O)[C@H](N)C(=O)NCC(=O)N[C@@H](CO)C(=O)N[C@H](C(=O)N[C@@H](CC(=O)O)C(=O)N[C@@H](Cc1cnc[nH]1)C(=O)N[C@@H](CCC(N)=O)C(=O)O)[C@@H](C)O. The lowest BCUT2D eigenvalue weighted by molar-refractivity contribution is -0.143. The minimum absolute atomic E-state index is 0.261. The van der Waals surface area contributed by atoms with Gasteiger partial charge in [0.05, 0.1) is 38.1 Å². The van der Waals surface area contributed by atoms with Crippen molar-refractivity contribution < 1.29 is 68.7 Å². The number of hydrogen-bond acceptors (Lipinski definition) is 14. The maximum absolute atomic E-state index is 13.3. The van der Waals surface area contributed by atoms with E-state index in [-0.39, 0.29) is 12.1 Å². The van der Waals surface area contributed by atoms with Gasteiger partial charge >= 0.3 is 11.9 Å². The van der Waals surface area contributed by atoms with E-state index in [0.29, 0.717) is 0 Å². The third-order valence-electron chi connectivity index (χ3n) is 7.06. The number of carboxylic acid groups (broad SMARTS) is 2. The van der Waals surface area contributed by atoms with Crippen molar-refractivity contribution in [3.63, 3.8) is 0 Å². The zero-order valence-corrected chi connectivity index (χ0v) is 28.0. The number of aromatic amines is 1. The van der Waals surface area contributed by atoms with Crippen molar-refractivity contribution in [2.24, 2.45) is 11.5 Å². The maximum Gasteiger partial charge on any atom is 0.326 e. The molecule has 0 aliphatic carbocycles. The molecule has 0 fully saturated rings. The monoisotopic (exact) mass is 744 g/mol. The Morgan fingerprint density at radius 3 is 1.87 bits per heavy atom. The van der Waals surface area contributed by atoms with Crippen LogP contribution in [0.1, 0.15) is 38.8 Å². The summed E-state index contributed by atoms with van der Waals surface area (Å²) in [5, 5.41) is 60.8. The Balaban J connectivity index is 3.13. The molecule has 0 saturated carbocycles. The minimum Gasteiger partial charge on any atom is -0.481 e. The highest BCUT2D eigenvalue weighted by Gasteiger charge is 2.35. The number of aliphatic carboxylic acids is 2. The fourth-order valence-corrected chi connectivity index (χ4v) is 4.16. The van der Waals surface area contributed by atoms with Crippen molar-refractivity contribution in [2.75, 3.05) is 13.2 Å². The largest absolute Gasteiger partial charge is 0.481 e. The quantitative estimate of drug-likeness (QED) is 0.0495. The summed E-state index contributed by atoms with van der Waals surface area (Å²) in [6.07, 6.45) is -2.71. The molecule has 8 atom stereocenters. The van der Waals surface area contributed by atoms with E-state index in [1.165, 1.54) is 19.4 Å². The average Bonchev–Trinajstić information content (AvgIpc) is 3.57. The number of amides is 7. The third-order valence-corrected chi connectivity index (χ3v) is 7.06. The summed E-state index contributed by atoms with van der Waals surface area (Å²) in [4.78, 5) is 117. The average molecular weight is 745 g/mol. The molecule has 0 aliphatic rings. The number of primary amides is 1. The van der Waals surface area contributed by atoms with Crippen LogP contribution in [0.2, 0.25) is 0 Å². The molecule has 1 aromatic rings. The number of H-pyrrole nitrogens is 1. The van der Waals surface area contributed by atoms with Crippen LogP contribution in [0.4, 0.5) is 0 Å². The van der Waals surface area contributed by atoms with Crippen molar-refractivity contribution in [1.82, 2.24) is 41.9 Å². The Hall–Kier alpha value is -5.72. The molecule has 1 rings (SSSR count). The highest BCUT2D eigenvalue weighted by Crippen LogP contribution is 2.06. The summed E-state index contributed by atoms with van der Waals surface area (Å²) < 4.78 is 0. The van der Waals surface area contributed by atoms with E-state index in [1.54, 1.807) is 0 Å². The lowest BCUT2D eigenvalue weighted by Crippen LogP contribution is -2.62. The van der Waals surface area contributed by atoms with Gasteiger partial charge in [-0.2, -0.15) is 0 Å². The maximum atomic E-state index is 13.3. The van der Waals surface area contributed by atoms with Crippen molar-refractivity contribution in [2.45, 2.75) is 88.0 Å². The molecule has 1 aromatic heterocycles. The van der Waals surface area contributed by atoms with E-state index in [1.807, 2.05) is 5.32 Å². The highest BCUT2D eigenvalue weighted by atomic mass is 16.4. The normalized spacial score (nSPS) is 15.5. The van der Waals surface area contributed by atoms with E-state index in [0.717, 1.165) is 6.92 Å². The summed E-state index contributed by atoms with van der Waals surface area (Å²) in [6, 6.07) is -10.2. The standard InChI is InChI=1S/C28H44N10O14/c1-11(40)21(30)26(49)32-8-19(43)34-17(9-39)25(48)38-22(12(2)41)27(50)37-16(6-20(44)45)24(47)36-15(5-13-7-31-10-33-13)23(46)35-14(28(51)52)3-4-18(29)42/h7,10-12,14-17,21-22,39-41H,3-6,8-9,30H2,1-2H3,(H2,29,42)(H,31,33)(H,32,49)(H,34,43)(H,35,46)(H,36,47)(H,37,50)(H,38,48)(H,44,45)(H,51,52)/t11-,12-,14+,15+,16+,17+,21+,22+/m1/s1. The van der Waals surface area contributed by atoms with Gasteiger partial charge in [-0.15, -0.1) is 0 Å². The number of carbonyl (C=O) groups excluding carboxylic acids is 7. The van der Waals surface area contributed by atoms with Crippen LogP contribution in [0, 0.1) is 0 Å². The number of imidazole rings is 1. The molecule has 0 spiro atoms. The van der Waals surface area contributed by atoms with E-state index in [2.05, 4.69) is 36.6 Å². The molecule has 24 heteroatoms. The van der Waals surface area contributed by atoms with Crippen LogP contribution in [-0.4, -0.2) is 150 Å². The molecule has 0 unspecified atom stereocenters. The van der Waals surface area contributed by atoms with Gasteiger partial charge in [-0.3, -0.25) is 38.4 Å². The smallest absolute Gasteiger partial charge is 0.326 e. The summed E-state index contributed by atoms with van der Waals surface area (Å²) in [5.41, 5.74) is 10.8. The Morgan fingerprint density at radius 2 is 1.37 bits per heavy atom. The number of aliphatic hydroxyl groups is 3. The van der Waals surface area contributed by atoms with Gasteiger partial charge in [0.2, 0.25) is 41.4 Å². The second-order valence-electron chi connectivity index (χ2n) is 11.4. The number of hydrogen-bond donors (Lipinski definition) is 14. The predicted molar refractivity (Wildman–Crippen MR) is 172 cm³/mol. The second kappa shape index (κ2) is 21.5. The van der Waals surface area contributed by atoms with Gasteiger partial charge in [0.1, 0.15) is 36.3 Å². The van der Waals surface area contributed by atoms with Crippen molar-refractivity contribution in [3.8, 4) is 0 Å². The van der Waals surface area contributed by atoms with E-state index in [9.17, 15) is 68.7 Å². The van der Waals surface area contributed by atoms with Crippen LogP contribution in [-0.2, 0) is 49.6 Å². The summed E-state index contributed by atoms with van der Waals surface area (Å²) in [6.45, 7) is 0.489. The molecule has 0 radical (unpaired) electrons. The van der Waals surface area contributed by atoms with E-state index in [4.69, 9.17) is 11.5 Å². The molecule has 0 saturated heterocycles. The first-order valence-corrected chi connectivity index (χ1v) is 15.5. The summed E-state index contributed by atoms with van der Waals surface area (Å²) in [7, 11) is 0. The van der Waals surface area contributed by atoms with Crippen LogP contribution in [0.25, 0.3) is 0 Å². The third kappa shape index (κ3) is 15.4. The number of nitrogens with two attached hydrogens (primary N) is 2. The Morgan fingerprint density at radius 1 is 0.788 bits per heavy atom. The lowest BCUT2D eigenvalue weighted by Gasteiger charge is -2.27. The number of nitrogens with zero attached hydrogens (tertiary/aromatic N) is 1. The van der Waals surface area contributed by atoms with E-state index >= 15 is 0 Å². The minimum atomic E-state index is -1.96. The fourth-order valence-electron chi connectivity index (χ4n) is 4.16. The molecule has 0 aliphatic heterocycles. The number of carbonyl (C=O) groups is 9. The Labute approximate surface area is 294 Å². The van der Waals surface area contributed by atoms with Gasteiger partial charge in [-0.25, -0.2) is 9.78 Å². The molecule has 290 valence electrons. The zero-order chi connectivity index (χ0) is 39.7. The van der Waals surface area contributed by atoms with Crippen LogP contribution in [0.3, 0.4) is 0 Å². The molecule has 16 N–H and O–H groups in total. The van der Waals surface area contributed by atoms with E-state index < -0.39 is 134 Å². The van der Waals surface area contributed by atoms with Gasteiger partial charge < -0.3 is 73.9 Å². The predicted octanol–water partition coefficient (Wildman–Crippen LogP) is -7.60. The number of carboxylic acids is 2. The molecule has 0 bridgehead atoms. The van der Waals surface area contributed by atoms with Gasteiger partial charge in [0.15, 0.2) is 0 Å². The van der Waals surface area contributed by atoms with Gasteiger partial charge in [0.25, 0.3) is 0 Å². The molecule has 52 heavy (non-hydrogen) atoms. The molecular formula is C28H44N10O14. The van der Waals surface area contributed by atoms with Crippen molar-refractivity contribution >= 4 is 53.3 Å². The van der Waals surface area contributed by atoms with Crippen LogP contribution in [0.15, 0.2) is 12.5 Å². The molecule has 1 heterocycles. The molecule has 0 aromatic carbocycles. The fraction of sp³-hybridized carbons (Fsp3) is 0.571.